The van der Waals surface area contributed by atoms with Gasteiger partial charge in [0, 0.05) is 26.2 Å². The van der Waals surface area contributed by atoms with Crippen LogP contribution in [0.2, 0.25) is 0 Å². The van der Waals surface area contributed by atoms with Crippen LogP contribution in [0.5, 0.6) is 0 Å². The third kappa shape index (κ3) is 7.92. The van der Waals surface area contributed by atoms with Crippen LogP contribution < -0.4 is 5.32 Å². The zero-order valence-corrected chi connectivity index (χ0v) is 24.0. The number of carbonyl (C=O) groups excluding carboxylic acids is 1. The van der Waals surface area contributed by atoms with Crippen molar-refractivity contribution in [1.82, 2.24) is 14.5 Å². The largest absolute Gasteiger partial charge is 0.473 e. The maximum absolute atomic E-state index is 12.9. The number of rotatable bonds is 9. The van der Waals surface area contributed by atoms with E-state index >= 15 is 0 Å². The highest BCUT2D eigenvalue weighted by Gasteiger charge is 2.18. The normalized spacial score (nSPS) is 10.6. The van der Waals surface area contributed by atoms with Gasteiger partial charge in [-0.3, -0.25) is 4.79 Å². The van der Waals surface area contributed by atoms with Gasteiger partial charge in [-0.1, -0.05) is 55.5 Å². The second kappa shape index (κ2) is 14.1. The first-order valence-electron chi connectivity index (χ1n) is 13.1. The molecule has 0 radical (unpaired) electrons. The first-order valence-corrected chi connectivity index (χ1v) is 13.1. The summed E-state index contributed by atoms with van der Waals surface area (Å²) >= 11 is 0. The number of fused-ring (bicyclic) bond motifs is 1. The Bertz CT molecular complexity index is 1520. The van der Waals surface area contributed by atoms with Gasteiger partial charge < -0.3 is 29.7 Å². The summed E-state index contributed by atoms with van der Waals surface area (Å²) < 4.78 is 8.05. The molecule has 0 aliphatic carbocycles. The van der Waals surface area contributed by atoms with Gasteiger partial charge in [0.15, 0.2) is 0 Å². The number of hydrogen-bond acceptors (Lipinski definition) is 6. The minimum absolute atomic E-state index is 0.0457. The number of hydrogen-bond donors (Lipinski definition) is 3. The molecule has 10 nitrogen and oxygen atoms in total. The summed E-state index contributed by atoms with van der Waals surface area (Å²) in [5, 5.41) is 18.4. The van der Waals surface area contributed by atoms with E-state index in [1.807, 2.05) is 54.0 Å². The summed E-state index contributed by atoms with van der Waals surface area (Å²) in [5.41, 5.74) is 8.17. The van der Waals surface area contributed by atoms with E-state index in [-0.39, 0.29) is 5.91 Å². The van der Waals surface area contributed by atoms with Crippen LogP contribution in [0.3, 0.4) is 0 Å². The summed E-state index contributed by atoms with van der Waals surface area (Å²) in [4.78, 5) is 37.6. The smallest absolute Gasteiger partial charge is 0.414 e. The van der Waals surface area contributed by atoms with E-state index in [1.165, 1.54) is 16.7 Å². The van der Waals surface area contributed by atoms with Crippen molar-refractivity contribution in [3.8, 4) is 0 Å². The lowest BCUT2D eigenvalue weighted by molar-refractivity contribution is -0.159. The lowest BCUT2D eigenvalue weighted by Gasteiger charge is -2.16. The van der Waals surface area contributed by atoms with Crippen LogP contribution in [-0.4, -0.2) is 56.6 Å². The van der Waals surface area contributed by atoms with Gasteiger partial charge in [-0.05, 0) is 54.7 Å². The van der Waals surface area contributed by atoms with Gasteiger partial charge in [-0.25, -0.2) is 14.6 Å². The third-order valence-corrected chi connectivity index (χ3v) is 6.56. The van der Waals surface area contributed by atoms with Gasteiger partial charge in [-0.15, -0.1) is 0 Å². The molecule has 0 unspecified atom stereocenters. The molecule has 4 aromatic rings. The fraction of sp³-hybridized carbons (Fsp3) is 0.290. The quantitative estimate of drug-likeness (QED) is 0.247. The molecule has 41 heavy (non-hydrogen) atoms. The number of carboxylic acids is 2. The van der Waals surface area contributed by atoms with Crippen molar-refractivity contribution in [2.24, 2.45) is 0 Å². The van der Waals surface area contributed by atoms with Crippen molar-refractivity contribution >= 4 is 34.6 Å². The van der Waals surface area contributed by atoms with Gasteiger partial charge in [0.05, 0.1) is 17.8 Å². The Kier molecular flexibility index (Phi) is 10.6. The zero-order chi connectivity index (χ0) is 30.1. The van der Waals surface area contributed by atoms with Gasteiger partial charge in [0.2, 0.25) is 0 Å². The number of anilines is 1. The molecule has 4 rings (SSSR count). The van der Waals surface area contributed by atoms with Crippen molar-refractivity contribution < 1.29 is 29.3 Å². The molecular weight excluding hydrogens is 524 g/mol. The highest BCUT2D eigenvalue weighted by Crippen LogP contribution is 2.28. The van der Waals surface area contributed by atoms with Crippen LogP contribution in [0.25, 0.3) is 11.0 Å². The number of carbonyl (C=O) groups is 3. The van der Waals surface area contributed by atoms with E-state index in [1.54, 1.807) is 19.0 Å². The zero-order valence-electron chi connectivity index (χ0n) is 24.0. The molecule has 3 N–H and O–H groups in total. The number of aliphatic carboxylic acids is 2. The van der Waals surface area contributed by atoms with E-state index in [4.69, 9.17) is 29.5 Å². The number of aromatic nitrogens is 2. The van der Waals surface area contributed by atoms with Crippen LogP contribution >= 0.6 is 0 Å². The molecule has 0 aliphatic rings. The average molecular weight is 561 g/mol. The molecule has 216 valence electrons. The molecule has 0 saturated carbocycles. The molecule has 0 bridgehead atoms. The molecule has 0 fully saturated rings. The Labute approximate surface area is 239 Å². The maximum Gasteiger partial charge on any atom is 0.414 e. The molecule has 0 saturated heterocycles. The maximum atomic E-state index is 12.9. The molecule has 0 atom stereocenters. The molecule has 0 aliphatic heterocycles. The van der Waals surface area contributed by atoms with Gasteiger partial charge in [-0.2, -0.15) is 0 Å². The first kappa shape index (κ1) is 30.8. The summed E-state index contributed by atoms with van der Waals surface area (Å²) in [6.07, 6.45) is 0.972. The van der Waals surface area contributed by atoms with Crippen molar-refractivity contribution in [2.45, 2.75) is 47.1 Å². The molecule has 0 spiro atoms. The topological polar surface area (TPSA) is 134 Å². The number of nitrogens with one attached hydrogen (secondary N) is 1. The molecule has 1 amide bonds. The Morgan fingerprint density at radius 3 is 2.27 bits per heavy atom. The van der Waals surface area contributed by atoms with Crippen LogP contribution in [0.4, 0.5) is 5.69 Å². The first-order chi connectivity index (χ1) is 19.5. The Morgan fingerprint density at radius 1 is 0.976 bits per heavy atom. The van der Waals surface area contributed by atoms with Crippen molar-refractivity contribution in [1.29, 1.82) is 0 Å². The molecule has 3 aromatic carbocycles. The second-order valence-electron chi connectivity index (χ2n) is 9.67. The molecular formula is C31H36N4O6. The number of carboxylic acid groups (broad SMARTS) is 2. The monoisotopic (exact) mass is 560 g/mol. The Morgan fingerprint density at radius 2 is 1.66 bits per heavy atom. The average Bonchev–Trinajstić information content (AvgIpc) is 3.27. The summed E-state index contributed by atoms with van der Waals surface area (Å²) in [6.45, 7) is 7.82. The van der Waals surface area contributed by atoms with E-state index in [0.29, 0.717) is 25.4 Å². The standard InChI is InChI=1S/C29H34N4O2.C2H2O4/c1-6-23-14-10-11-20(2)25(23)17-30-26-15-24(29(34)32(4)5)16-27-28(26)31-21(3)33(27)19-35-18-22-12-8-7-9-13-22;3-1(4)2(5)6/h7-16,30H,6,17-19H2,1-5H3;(H,3,4)(H,5,6). The number of benzene rings is 3. The van der Waals surface area contributed by atoms with Gasteiger partial charge in [0.25, 0.3) is 5.91 Å². The summed E-state index contributed by atoms with van der Waals surface area (Å²) in [7, 11) is 3.54. The van der Waals surface area contributed by atoms with Crippen LogP contribution in [-0.2, 0) is 40.6 Å². The third-order valence-electron chi connectivity index (χ3n) is 6.56. The highest BCUT2D eigenvalue weighted by molar-refractivity contribution is 6.27. The number of aryl methyl sites for hydroxylation is 3. The SMILES string of the molecule is CCc1cccc(C)c1CNc1cc(C(=O)N(C)C)cc2c1nc(C)n2COCc1ccccc1.O=C(O)C(=O)O. The lowest BCUT2D eigenvalue weighted by Crippen LogP contribution is -2.22. The van der Waals surface area contributed by atoms with E-state index < -0.39 is 11.9 Å². The number of amides is 1. The predicted octanol–water partition coefficient (Wildman–Crippen LogP) is 4.86. The second-order valence-corrected chi connectivity index (χ2v) is 9.67. The number of ether oxygens (including phenoxy) is 1. The Balaban J connectivity index is 0.000000696. The summed E-state index contributed by atoms with van der Waals surface area (Å²) in [6, 6.07) is 20.3. The summed E-state index contributed by atoms with van der Waals surface area (Å²) in [5.74, 6) is -2.85. The number of nitrogens with zero attached hydrogens (tertiary/aromatic N) is 3. The predicted molar refractivity (Wildman–Crippen MR) is 157 cm³/mol. The molecule has 1 heterocycles. The minimum Gasteiger partial charge on any atom is -0.473 e. The van der Waals surface area contributed by atoms with E-state index in [9.17, 15) is 4.79 Å². The van der Waals surface area contributed by atoms with Gasteiger partial charge in [0.1, 0.15) is 18.1 Å². The lowest BCUT2D eigenvalue weighted by atomic mass is 10.00. The highest BCUT2D eigenvalue weighted by atomic mass is 16.5. The van der Waals surface area contributed by atoms with Crippen LogP contribution in [0.15, 0.2) is 60.7 Å². The Hall–Kier alpha value is -4.70. The fourth-order valence-corrected chi connectivity index (χ4v) is 4.38. The van der Waals surface area contributed by atoms with Crippen LogP contribution in [0, 0.1) is 13.8 Å². The number of imidazole rings is 1. The van der Waals surface area contributed by atoms with Crippen molar-refractivity contribution in [3.05, 3.63) is 94.3 Å². The fourth-order valence-electron chi connectivity index (χ4n) is 4.38. The van der Waals surface area contributed by atoms with Gasteiger partial charge >= 0.3 is 11.9 Å². The van der Waals surface area contributed by atoms with E-state index in [0.717, 1.165) is 34.5 Å². The minimum atomic E-state index is -1.82. The molecule has 1 aromatic heterocycles. The van der Waals surface area contributed by atoms with Crippen molar-refractivity contribution in [2.75, 3.05) is 19.4 Å². The van der Waals surface area contributed by atoms with Crippen LogP contribution in [0.1, 0.15) is 45.4 Å². The molecule has 10 heteroatoms. The van der Waals surface area contributed by atoms with E-state index in [2.05, 4.69) is 37.4 Å². The van der Waals surface area contributed by atoms with Crippen molar-refractivity contribution in [3.63, 3.8) is 0 Å².